The molecule has 0 bridgehead atoms. The van der Waals surface area contributed by atoms with Gasteiger partial charge in [-0.05, 0) is 61.1 Å². The van der Waals surface area contributed by atoms with Crippen LogP contribution in [0.5, 0.6) is 5.75 Å². The van der Waals surface area contributed by atoms with Crippen molar-refractivity contribution in [3.8, 4) is 5.75 Å². The summed E-state index contributed by atoms with van der Waals surface area (Å²) in [5.74, 6) is 0.926. The lowest BCUT2D eigenvalue weighted by Gasteiger charge is -2.35. The molecule has 0 spiro atoms. The maximum Gasteiger partial charge on any atom is 0.265 e. The predicted octanol–water partition coefficient (Wildman–Crippen LogP) is 3.79. The fourth-order valence-corrected chi connectivity index (χ4v) is 4.72. The number of amides is 2. The Labute approximate surface area is 181 Å². The van der Waals surface area contributed by atoms with Crippen LogP contribution in [0, 0.1) is 5.92 Å². The highest BCUT2D eigenvalue weighted by molar-refractivity contribution is 6.09. The zero-order chi connectivity index (χ0) is 21.7. The van der Waals surface area contributed by atoms with Gasteiger partial charge in [-0.3, -0.25) is 9.59 Å². The predicted molar refractivity (Wildman–Crippen MR) is 121 cm³/mol. The normalized spacial score (nSPS) is 20.0. The van der Waals surface area contributed by atoms with Gasteiger partial charge in [0.15, 0.2) is 6.10 Å². The number of carbonyl (C=O) groups is 2. The first-order chi connectivity index (χ1) is 14.9. The van der Waals surface area contributed by atoms with Gasteiger partial charge in [-0.1, -0.05) is 19.1 Å². The van der Waals surface area contributed by atoms with E-state index in [4.69, 9.17) is 4.74 Å². The first kappa shape index (κ1) is 19.7. The molecule has 2 amide bonds. The molecular formula is C25H27N3O3. The number of aromatic nitrogens is 1. The highest BCUT2D eigenvalue weighted by Crippen LogP contribution is 2.36. The van der Waals surface area contributed by atoms with Gasteiger partial charge in [0, 0.05) is 36.3 Å². The number of H-pyrrole nitrogens is 1. The van der Waals surface area contributed by atoms with Crippen LogP contribution in [0.2, 0.25) is 0 Å². The topological polar surface area (TPSA) is 65.6 Å². The Kier molecular flexibility index (Phi) is 4.73. The fraction of sp³-hybridized carbons (Fsp3) is 0.360. The molecule has 3 aromatic rings. The molecular weight excluding hydrogens is 390 g/mol. The Morgan fingerprint density at radius 1 is 1.16 bits per heavy atom. The number of hydrogen-bond acceptors (Lipinski definition) is 3. The van der Waals surface area contributed by atoms with E-state index in [1.54, 1.807) is 25.1 Å². The number of likely N-dealkylation sites (N-methyl/N-ethyl adjacent to an activating group) is 1. The van der Waals surface area contributed by atoms with E-state index in [2.05, 4.69) is 11.9 Å². The number of carbonyl (C=O) groups excluding carboxylic acids is 2. The van der Waals surface area contributed by atoms with Crippen LogP contribution in [0.3, 0.4) is 0 Å². The van der Waals surface area contributed by atoms with Gasteiger partial charge in [0.25, 0.3) is 11.8 Å². The van der Waals surface area contributed by atoms with Crippen LogP contribution < -0.4 is 9.64 Å². The van der Waals surface area contributed by atoms with Crippen molar-refractivity contribution in [1.29, 1.82) is 0 Å². The van der Waals surface area contributed by atoms with Crippen molar-refractivity contribution in [2.45, 2.75) is 32.3 Å². The summed E-state index contributed by atoms with van der Waals surface area (Å²) in [7, 11) is 3.39. The Morgan fingerprint density at radius 2 is 1.97 bits per heavy atom. The lowest BCUT2D eigenvalue weighted by Crippen LogP contribution is -2.50. The third-order valence-corrected chi connectivity index (χ3v) is 6.42. The van der Waals surface area contributed by atoms with Crippen molar-refractivity contribution in [3.05, 3.63) is 59.3 Å². The second-order valence-electron chi connectivity index (χ2n) is 8.91. The molecule has 0 saturated heterocycles. The van der Waals surface area contributed by atoms with E-state index in [-0.39, 0.29) is 18.4 Å². The van der Waals surface area contributed by atoms with Gasteiger partial charge in [-0.25, -0.2) is 0 Å². The van der Waals surface area contributed by atoms with Crippen molar-refractivity contribution in [1.82, 2.24) is 9.88 Å². The van der Waals surface area contributed by atoms with Crippen LogP contribution in [0.25, 0.3) is 10.9 Å². The highest BCUT2D eigenvalue weighted by atomic mass is 16.5. The molecule has 1 aliphatic carbocycles. The summed E-state index contributed by atoms with van der Waals surface area (Å²) >= 11 is 0. The second kappa shape index (κ2) is 7.45. The molecule has 2 atom stereocenters. The van der Waals surface area contributed by atoms with Gasteiger partial charge < -0.3 is 19.5 Å². The van der Waals surface area contributed by atoms with E-state index in [9.17, 15) is 9.59 Å². The summed E-state index contributed by atoms with van der Waals surface area (Å²) in [5, 5.41) is 1.13. The van der Waals surface area contributed by atoms with Crippen LogP contribution >= 0.6 is 0 Å². The van der Waals surface area contributed by atoms with Crippen molar-refractivity contribution >= 4 is 28.4 Å². The van der Waals surface area contributed by atoms with E-state index >= 15 is 0 Å². The van der Waals surface area contributed by atoms with Crippen LogP contribution in [-0.2, 0) is 17.6 Å². The second-order valence-corrected chi connectivity index (χ2v) is 8.91. The molecule has 1 N–H and O–H groups in total. The zero-order valence-corrected chi connectivity index (χ0v) is 18.1. The molecule has 0 unspecified atom stereocenters. The van der Waals surface area contributed by atoms with E-state index in [1.807, 2.05) is 36.4 Å². The fourth-order valence-electron chi connectivity index (χ4n) is 4.72. The minimum atomic E-state index is -0.724. The molecule has 0 radical (unpaired) electrons. The quantitative estimate of drug-likeness (QED) is 0.690. The van der Waals surface area contributed by atoms with E-state index in [0.717, 1.165) is 23.7 Å². The number of hydrogen-bond donors (Lipinski definition) is 1. The lowest BCUT2D eigenvalue weighted by atomic mass is 9.87. The minimum absolute atomic E-state index is 0.118. The number of rotatable bonds is 2. The van der Waals surface area contributed by atoms with Gasteiger partial charge in [-0.15, -0.1) is 0 Å². The first-order valence-corrected chi connectivity index (χ1v) is 10.8. The van der Waals surface area contributed by atoms with E-state index in [1.165, 1.54) is 22.6 Å². The van der Waals surface area contributed by atoms with Gasteiger partial charge >= 0.3 is 0 Å². The summed E-state index contributed by atoms with van der Waals surface area (Å²) in [5.41, 5.74) is 5.04. The van der Waals surface area contributed by atoms with Gasteiger partial charge in [0.2, 0.25) is 0 Å². The molecule has 2 aromatic carbocycles. The number of fused-ring (bicyclic) bond motifs is 4. The lowest BCUT2D eigenvalue weighted by molar-refractivity contribution is -0.135. The number of ether oxygens (including phenoxy) is 1. The Morgan fingerprint density at radius 3 is 2.77 bits per heavy atom. The molecule has 2 aliphatic rings. The molecule has 31 heavy (non-hydrogen) atoms. The number of anilines is 1. The van der Waals surface area contributed by atoms with E-state index in [0.29, 0.717) is 22.9 Å². The molecule has 1 aromatic heterocycles. The van der Waals surface area contributed by atoms with Crippen LogP contribution in [-0.4, -0.2) is 48.4 Å². The van der Waals surface area contributed by atoms with Crippen LogP contribution in [0.1, 0.15) is 35.0 Å². The van der Waals surface area contributed by atoms with Crippen LogP contribution in [0.4, 0.5) is 5.69 Å². The summed E-state index contributed by atoms with van der Waals surface area (Å²) in [6.45, 7) is 2.47. The van der Waals surface area contributed by atoms with Crippen molar-refractivity contribution < 1.29 is 14.3 Å². The maximum absolute atomic E-state index is 13.6. The van der Waals surface area contributed by atoms with Crippen LogP contribution in [0.15, 0.2) is 42.5 Å². The Balaban J connectivity index is 1.53. The monoisotopic (exact) mass is 417 g/mol. The summed E-state index contributed by atoms with van der Waals surface area (Å²) in [6, 6.07) is 13.3. The van der Waals surface area contributed by atoms with Gasteiger partial charge in [0.1, 0.15) is 5.75 Å². The number of aryl methyl sites for hydroxylation is 1. The van der Waals surface area contributed by atoms with Gasteiger partial charge in [0.05, 0.1) is 12.2 Å². The maximum atomic E-state index is 13.6. The van der Waals surface area contributed by atoms with Crippen molar-refractivity contribution in [2.75, 3.05) is 25.5 Å². The minimum Gasteiger partial charge on any atom is -0.476 e. The van der Waals surface area contributed by atoms with Gasteiger partial charge in [-0.2, -0.15) is 0 Å². The third-order valence-electron chi connectivity index (χ3n) is 6.42. The molecule has 2 heterocycles. The zero-order valence-electron chi connectivity index (χ0n) is 18.1. The largest absolute Gasteiger partial charge is 0.476 e. The molecule has 5 rings (SSSR count). The third kappa shape index (κ3) is 3.36. The molecule has 0 saturated carbocycles. The number of aromatic amines is 1. The Bertz CT molecular complexity index is 1180. The van der Waals surface area contributed by atoms with Crippen molar-refractivity contribution in [3.63, 3.8) is 0 Å². The molecule has 160 valence electrons. The summed E-state index contributed by atoms with van der Waals surface area (Å²) in [4.78, 5) is 32.9. The number of benzene rings is 2. The average molecular weight is 418 g/mol. The average Bonchev–Trinajstić information content (AvgIpc) is 3.14. The highest BCUT2D eigenvalue weighted by Gasteiger charge is 2.35. The van der Waals surface area contributed by atoms with E-state index < -0.39 is 6.10 Å². The smallest absolute Gasteiger partial charge is 0.265 e. The standard InChI is InChI=1S/C25H27N3O3/c1-15-8-10-19-17(12-15)18-13-16(9-11-20(18)26-19)24(29)28-14-23(25(30)27(2)3)31-22-7-5-4-6-21(22)28/h4-7,9,11,13,15,23,26H,8,10,12,14H2,1-3H3/t15-,23+/m0/s1. The SMILES string of the molecule is C[C@H]1CCc2[nH]c3ccc(C(=O)N4C[C@H](C(=O)N(C)C)Oc5ccccc54)cc3c2C1. The number of nitrogens with one attached hydrogen (secondary N) is 1. The molecule has 6 heteroatoms. The molecule has 0 fully saturated rings. The molecule has 6 nitrogen and oxygen atoms in total. The molecule has 1 aliphatic heterocycles. The summed E-state index contributed by atoms with van der Waals surface area (Å²) < 4.78 is 5.93. The number of nitrogens with zero attached hydrogens (tertiary/aromatic N) is 2. The van der Waals surface area contributed by atoms with Crippen molar-refractivity contribution in [2.24, 2.45) is 5.92 Å². The Hall–Kier alpha value is -3.28. The summed E-state index contributed by atoms with van der Waals surface area (Å²) in [6.07, 6.45) is 2.56. The number of para-hydroxylation sites is 2. The first-order valence-electron chi connectivity index (χ1n) is 10.8.